The number of methoxy groups -OCH3 is 2. The molecule has 6 nitrogen and oxygen atoms in total. The fourth-order valence-electron chi connectivity index (χ4n) is 2.22. The van der Waals surface area contributed by atoms with Gasteiger partial charge in [0.15, 0.2) is 0 Å². The zero-order valence-electron chi connectivity index (χ0n) is 14.4. The zero-order valence-corrected chi connectivity index (χ0v) is 14.4. The predicted molar refractivity (Wildman–Crippen MR) is 96.2 cm³/mol. The molecule has 2 aromatic rings. The standard InChI is InChI=1S/C19H22N2O4/c1-24-16-10-8-15(9-11-16)21-18(22)7-4-12-20-19(23)14-5-3-6-17(13-14)25-2/h3,5-6,8-11,13H,4,7,12H2,1-2H3,(H,20,23)(H,21,22). The highest BCUT2D eigenvalue weighted by atomic mass is 16.5. The third-order valence-corrected chi connectivity index (χ3v) is 3.57. The smallest absolute Gasteiger partial charge is 0.251 e. The molecule has 2 rings (SSSR count). The molecule has 0 aliphatic heterocycles. The summed E-state index contributed by atoms with van der Waals surface area (Å²) < 4.78 is 10.2. The van der Waals surface area contributed by atoms with Crippen LogP contribution < -0.4 is 20.1 Å². The quantitative estimate of drug-likeness (QED) is 0.723. The van der Waals surface area contributed by atoms with E-state index >= 15 is 0 Å². The Morgan fingerprint density at radius 1 is 0.960 bits per heavy atom. The highest BCUT2D eigenvalue weighted by Crippen LogP contribution is 2.15. The Balaban J connectivity index is 1.70. The average Bonchev–Trinajstić information content (AvgIpc) is 2.65. The van der Waals surface area contributed by atoms with Crippen LogP contribution in [0.15, 0.2) is 48.5 Å². The molecule has 0 heterocycles. The third-order valence-electron chi connectivity index (χ3n) is 3.57. The fraction of sp³-hybridized carbons (Fsp3) is 0.263. The van der Waals surface area contributed by atoms with Gasteiger partial charge in [-0.05, 0) is 48.9 Å². The van der Waals surface area contributed by atoms with E-state index in [0.29, 0.717) is 36.4 Å². The molecular formula is C19H22N2O4. The van der Waals surface area contributed by atoms with E-state index in [4.69, 9.17) is 9.47 Å². The van der Waals surface area contributed by atoms with Crippen molar-refractivity contribution in [2.24, 2.45) is 0 Å². The topological polar surface area (TPSA) is 76.7 Å². The van der Waals surface area contributed by atoms with Gasteiger partial charge in [-0.1, -0.05) is 6.07 Å². The van der Waals surface area contributed by atoms with Crippen molar-refractivity contribution in [2.75, 3.05) is 26.1 Å². The second-order valence-electron chi connectivity index (χ2n) is 5.37. The van der Waals surface area contributed by atoms with Gasteiger partial charge in [-0.2, -0.15) is 0 Å². The van der Waals surface area contributed by atoms with Gasteiger partial charge in [0.25, 0.3) is 5.91 Å². The molecule has 0 radical (unpaired) electrons. The van der Waals surface area contributed by atoms with E-state index < -0.39 is 0 Å². The van der Waals surface area contributed by atoms with Crippen LogP contribution in [0.1, 0.15) is 23.2 Å². The van der Waals surface area contributed by atoms with Crippen LogP contribution in [0, 0.1) is 0 Å². The number of hydrogen-bond acceptors (Lipinski definition) is 4. The summed E-state index contributed by atoms with van der Waals surface area (Å²) >= 11 is 0. The van der Waals surface area contributed by atoms with Gasteiger partial charge < -0.3 is 20.1 Å². The molecule has 0 fully saturated rings. The molecule has 0 aliphatic carbocycles. The van der Waals surface area contributed by atoms with Crippen molar-refractivity contribution >= 4 is 17.5 Å². The average molecular weight is 342 g/mol. The zero-order chi connectivity index (χ0) is 18.1. The van der Waals surface area contributed by atoms with Gasteiger partial charge in [0, 0.05) is 24.2 Å². The maximum atomic E-state index is 12.0. The first kappa shape index (κ1) is 18.3. The second kappa shape index (κ2) is 9.32. The fourth-order valence-corrected chi connectivity index (χ4v) is 2.22. The molecule has 2 aromatic carbocycles. The summed E-state index contributed by atoms with van der Waals surface area (Å²) in [5.74, 6) is 1.08. The van der Waals surface area contributed by atoms with Gasteiger partial charge in [-0.15, -0.1) is 0 Å². The van der Waals surface area contributed by atoms with E-state index in [1.54, 1.807) is 62.8 Å². The lowest BCUT2D eigenvalue weighted by molar-refractivity contribution is -0.116. The molecule has 132 valence electrons. The second-order valence-corrected chi connectivity index (χ2v) is 5.37. The molecule has 0 aliphatic rings. The number of carbonyl (C=O) groups is 2. The number of carbonyl (C=O) groups excluding carboxylic acids is 2. The van der Waals surface area contributed by atoms with Gasteiger partial charge in [-0.25, -0.2) is 0 Å². The Bertz CT molecular complexity index is 714. The largest absolute Gasteiger partial charge is 0.497 e. The minimum absolute atomic E-state index is 0.0965. The summed E-state index contributed by atoms with van der Waals surface area (Å²) in [5.41, 5.74) is 1.24. The molecule has 0 spiro atoms. The summed E-state index contributed by atoms with van der Waals surface area (Å²) in [6, 6.07) is 14.0. The van der Waals surface area contributed by atoms with Crippen LogP contribution >= 0.6 is 0 Å². The van der Waals surface area contributed by atoms with Crippen LogP contribution in [0.5, 0.6) is 11.5 Å². The van der Waals surface area contributed by atoms with E-state index in [0.717, 1.165) is 5.75 Å². The number of ether oxygens (including phenoxy) is 2. The van der Waals surface area contributed by atoms with Crippen LogP contribution in [0.2, 0.25) is 0 Å². The molecule has 25 heavy (non-hydrogen) atoms. The maximum absolute atomic E-state index is 12.0. The Kier molecular flexibility index (Phi) is 6.83. The summed E-state index contributed by atoms with van der Waals surface area (Å²) in [4.78, 5) is 23.9. The van der Waals surface area contributed by atoms with E-state index in [9.17, 15) is 9.59 Å². The molecule has 0 unspecified atom stereocenters. The lowest BCUT2D eigenvalue weighted by atomic mass is 10.2. The van der Waals surface area contributed by atoms with Gasteiger partial charge in [0.2, 0.25) is 5.91 Å². The summed E-state index contributed by atoms with van der Waals surface area (Å²) in [5, 5.41) is 5.60. The van der Waals surface area contributed by atoms with Crippen LogP contribution in [0.4, 0.5) is 5.69 Å². The number of benzene rings is 2. The Morgan fingerprint density at radius 2 is 1.68 bits per heavy atom. The molecule has 0 saturated carbocycles. The van der Waals surface area contributed by atoms with E-state index in [1.807, 2.05) is 0 Å². The van der Waals surface area contributed by atoms with Crippen molar-refractivity contribution in [3.05, 3.63) is 54.1 Å². The minimum atomic E-state index is -0.186. The highest BCUT2D eigenvalue weighted by molar-refractivity contribution is 5.94. The van der Waals surface area contributed by atoms with Gasteiger partial charge in [-0.3, -0.25) is 9.59 Å². The van der Waals surface area contributed by atoms with Crippen molar-refractivity contribution in [3.8, 4) is 11.5 Å². The monoisotopic (exact) mass is 342 g/mol. The van der Waals surface area contributed by atoms with E-state index in [2.05, 4.69) is 10.6 Å². The SMILES string of the molecule is COc1ccc(NC(=O)CCCNC(=O)c2cccc(OC)c2)cc1. The molecule has 2 amide bonds. The molecule has 0 saturated heterocycles. The number of rotatable bonds is 8. The van der Waals surface area contributed by atoms with E-state index in [-0.39, 0.29) is 11.8 Å². The van der Waals surface area contributed by atoms with Gasteiger partial charge in [0.1, 0.15) is 11.5 Å². The normalized spacial score (nSPS) is 10.0. The van der Waals surface area contributed by atoms with Crippen LogP contribution in [0.3, 0.4) is 0 Å². The highest BCUT2D eigenvalue weighted by Gasteiger charge is 2.07. The van der Waals surface area contributed by atoms with Gasteiger partial charge >= 0.3 is 0 Å². The maximum Gasteiger partial charge on any atom is 0.251 e. The van der Waals surface area contributed by atoms with Gasteiger partial charge in [0.05, 0.1) is 14.2 Å². The number of anilines is 1. The number of nitrogens with one attached hydrogen (secondary N) is 2. The van der Waals surface area contributed by atoms with E-state index in [1.165, 1.54) is 0 Å². The van der Waals surface area contributed by atoms with Crippen molar-refractivity contribution in [1.29, 1.82) is 0 Å². The summed E-state index contributed by atoms with van der Waals surface area (Å²) in [7, 11) is 3.14. The first-order valence-corrected chi connectivity index (χ1v) is 7.98. The van der Waals surface area contributed by atoms with Crippen molar-refractivity contribution in [1.82, 2.24) is 5.32 Å². The number of hydrogen-bond donors (Lipinski definition) is 2. The van der Waals surface area contributed by atoms with Crippen LogP contribution in [-0.2, 0) is 4.79 Å². The third kappa shape index (κ3) is 5.84. The summed E-state index contributed by atoms with van der Waals surface area (Å²) in [6.07, 6.45) is 0.877. The molecule has 0 bridgehead atoms. The van der Waals surface area contributed by atoms with Crippen molar-refractivity contribution in [3.63, 3.8) is 0 Å². The summed E-state index contributed by atoms with van der Waals surface area (Å²) in [6.45, 7) is 0.423. The number of amides is 2. The Morgan fingerprint density at radius 3 is 2.36 bits per heavy atom. The lowest BCUT2D eigenvalue weighted by Gasteiger charge is -2.08. The predicted octanol–water partition coefficient (Wildman–Crippen LogP) is 2.85. The molecule has 0 atom stereocenters. The Hall–Kier alpha value is -3.02. The van der Waals surface area contributed by atoms with Crippen molar-refractivity contribution in [2.45, 2.75) is 12.8 Å². The molecule has 2 N–H and O–H groups in total. The Labute approximate surface area is 147 Å². The molecular weight excluding hydrogens is 320 g/mol. The molecule has 0 aromatic heterocycles. The lowest BCUT2D eigenvalue weighted by Crippen LogP contribution is -2.25. The first-order chi connectivity index (χ1) is 12.1. The van der Waals surface area contributed by atoms with Crippen LogP contribution in [-0.4, -0.2) is 32.6 Å². The van der Waals surface area contributed by atoms with Crippen molar-refractivity contribution < 1.29 is 19.1 Å². The first-order valence-electron chi connectivity index (χ1n) is 7.98. The van der Waals surface area contributed by atoms with Crippen LogP contribution in [0.25, 0.3) is 0 Å². The minimum Gasteiger partial charge on any atom is -0.497 e. The molecule has 6 heteroatoms.